The molecule has 108 valence electrons. The summed E-state index contributed by atoms with van der Waals surface area (Å²) in [6, 6.07) is 2.83. The zero-order valence-electron chi connectivity index (χ0n) is 11.6. The number of hydrogen-bond donors (Lipinski definition) is 1. The minimum Gasteiger partial charge on any atom is -0.384 e. The van der Waals surface area contributed by atoms with Crippen LogP contribution in [-0.4, -0.2) is 59.8 Å². The minimum atomic E-state index is 0.466. The first-order valence-corrected chi connectivity index (χ1v) is 7.48. The molecule has 2 aliphatic heterocycles. The molecule has 0 amide bonds. The van der Waals surface area contributed by atoms with Crippen LogP contribution < -0.4 is 10.6 Å². The number of fused-ring (bicyclic) bond motifs is 1. The second-order valence-corrected chi connectivity index (χ2v) is 6.06. The van der Waals surface area contributed by atoms with Gasteiger partial charge in [0.15, 0.2) is 0 Å². The molecule has 0 radical (unpaired) electrons. The Balaban J connectivity index is 1.49. The first kappa shape index (κ1) is 12.3. The van der Waals surface area contributed by atoms with Crippen molar-refractivity contribution in [2.45, 2.75) is 24.9 Å². The zero-order valence-corrected chi connectivity index (χ0v) is 11.6. The van der Waals surface area contributed by atoms with E-state index >= 15 is 0 Å². The molecular weight excluding hydrogens is 254 g/mol. The van der Waals surface area contributed by atoms with E-state index in [1.54, 1.807) is 12.3 Å². The second kappa shape index (κ2) is 4.86. The fourth-order valence-electron chi connectivity index (χ4n) is 3.46. The Labute approximate surface area is 118 Å². The van der Waals surface area contributed by atoms with E-state index in [1.165, 1.54) is 12.8 Å². The fraction of sp³-hybridized carbons (Fsp3) is 0.714. The molecule has 3 fully saturated rings. The van der Waals surface area contributed by atoms with Gasteiger partial charge in [0.05, 0.1) is 19.3 Å². The number of nitrogen functional groups attached to an aromatic ring is 1. The van der Waals surface area contributed by atoms with Crippen molar-refractivity contribution in [3.05, 3.63) is 12.3 Å². The molecule has 6 nitrogen and oxygen atoms in total. The van der Waals surface area contributed by atoms with Crippen molar-refractivity contribution >= 4 is 11.8 Å². The lowest BCUT2D eigenvalue weighted by Gasteiger charge is -2.48. The summed E-state index contributed by atoms with van der Waals surface area (Å²) in [5, 5.41) is 0. The quantitative estimate of drug-likeness (QED) is 0.840. The van der Waals surface area contributed by atoms with Crippen molar-refractivity contribution < 1.29 is 4.74 Å². The van der Waals surface area contributed by atoms with E-state index in [2.05, 4.69) is 19.8 Å². The van der Waals surface area contributed by atoms with Crippen molar-refractivity contribution in [3.63, 3.8) is 0 Å². The molecule has 3 heterocycles. The summed E-state index contributed by atoms with van der Waals surface area (Å²) >= 11 is 0. The number of hydrogen-bond acceptors (Lipinski definition) is 6. The molecule has 1 aliphatic carbocycles. The summed E-state index contributed by atoms with van der Waals surface area (Å²) in [6.45, 7) is 4.72. The molecule has 0 spiro atoms. The molecule has 1 saturated carbocycles. The number of morpholine rings is 1. The second-order valence-electron chi connectivity index (χ2n) is 6.06. The smallest absolute Gasteiger partial charge is 0.227 e. The number of nitrogens with zero attached hydrogens (tertiary/aromatic N) is 4. The van der Waals surface area contributed by atoms with E-state index in [0.717, 1.165) is 44.7 Å². The molecule has 0 bridgehead atoms. The molecule has 0 unspecified atom stereocenters. The van der Waals surface area contributed by atoms with Gasteiger partial charge in [0.2, 0.25) is 5.95 Å². The molecule has 1 aromatic heterocycles. The summed E-state index contributed by atoms with van der Waals surface area (Å²) in [7, 11) is 0. The predicted octanol–water partition coefficient (Wildman–Crippen LogP) is 0.358. The van der Waals surface area contributed by atoms with Crippen LogP contribution in [0.4, 0.5) is 11.8 Å². The average molecular weight is 275 g/mol. The maximum atomic E-state index is 5.83. The standard InChI is InChI=1S/C14H21N5O/c15-13-3-4-16-14(17-13)18-5-6-19-11(7-18)8-20-9-12(19)10-1-2-10/h3-4,10-12H,1-2,5-9H2,(H2,15,16,17)/t11-,12-/m1/s1. The van der Waals surface area contributed by atoms with Crippen LogP contribution >= 0.6 is 0 Å². The number of rotatable bonds is 2. The van der Waals surface area contributed by atoms with Crippen molar-refractivity contribution in [1.82, 2.24) is 14.9 Å². The Morgan fingerprint density at radius 1 is 1.25 bits per heavy atom. The Kier molecular flexibility index (Phi) is 3.00. The Hall–Kier alpha value is -1.40. The fourth-order valence-corrected chi connectivity index (χ4v) is 3.46. The van der Waals surface area contributed by atoms with Crippen LogP contribution in [0.25, 0.3) is 0 Å². The number of nitrogens with two attached hydrogens (primary N) is 1. The van der Waals surface area contributed by atoms with Gasteiger partial charge in [0.1, 0.15) is 5.82 Å². The third kappa shape index (κ3) is 2.23. The summed E-state index contributed by atoms with van der Waals surface area (Å²) in [5.74, 6) is 2.15. The van der Waals surface area contributed by atoms with E-state index in [0.29, 0.717) is 17.9 Å². The zero-order chi connectivity index (χ0) is 13.5. The third-order valence-electron chi connectivity index (χ3n) is 4.67. The third-order valence-corrected chi connectivity index (χ3v) is 4.67. The Morgan fingerprint density at radius 2 is 2.15 bits per heavy atom. The van der Waals surface area contributed by atoms with Crippen LogP contribution in [0.1, 0.15) is 12.8 Å². The highest BCUT2D eigenvalue weighted by molar-refractivity contribution is 5.38. The van der Waals surface area contributed by atoms with Gasteiger partial charge in [-0.1, -0.05) is 0 Å². The van der Waals surface area contributed by atoms with Crippen LogP contribution in [0.3, 0.4) is 0 Å². The van der Waals surface area contributed by atoms with Crippen molar-refractivity contribution in [1.29, 1.82) is 0 Å². The van der Waals surface area contributed by atoms with Crippen LogP contribution in [0.15, 0.2) is 12.3 Å². The normalized spacial score (nSPS) is 31.1. The van der Waals surface area contributed by atoms with E-state index in [9.17, 15) is 0 Å². The molecule has 4 rings (SSSR count). The molecule has 2 atom stereocenters. The van der Waals surface area contributed by atoms with Crippen LogP contribution in [0.5, 0.6) is 0 Å². The lowest BCUT2D eigenvalue weighted by molar-refractivity contribution is -0.0604. The van der Waals surface area contributed by atoms with Gasteiger partial charge in [-0.25, -0.2) is 4.98 Å². The Bertz CT molecular complexity index is 492. The van der Waals surface area contributed by atoms with Crippen molar-refractivity contribution in [3.8, 4) is 0 Å². The molecular formula is C14H21N5O. The van der Waals surface area contributed by atoms with Gasteiger partial charge in [0, 0.05) is 31.9 Å². The first-order chi connectivity index (χ1) is 9.81. The number of ether oxygens (including phenoxy) is 1. The van der Waals surface area contributed by atoms with Crippen LogP contribution in [0, 0.1) is 5.92 Å². The lowest BCUT2D eigenvalue weighted by atomic mass is 10.0. The summed E-state index contributed by atoms with van der Waals surface area (Å²) in [6.07, 6.45) is 4.48. The van der Waals surface area contributed by atoms with Gasteiger partial charge < -0.3 is 15.4 Å². The topological polar surface area (TPSA) is 67.5 Å². The maximum Gasteiger partial charge on any atom is 0.227 e. The molecule has 1 aromatic rings. The van der Waals surface area contributed by atoms with Crippen LogP contribution in [-0.2, 0) is 4.74 Å². The van der Waals surface area contributed by atoms with Gasteiger partial charge in [-0.2, -0.15) is 4.98 Å². The van der Waals surface area contributed by atoms with Gasteiger partial charge >= 0.3 is 0 Å². The number of piperazine rings is 1. The van der Waals surface area contributed by atoms with Crippen molar-refractivity contribution in [2.75, 3.05) is 43.5 Å². The highest BCUT2D eigenvalue weighted by Crippen LogP contribution is 2.38. The van der Waals surface area contributed by atoms with E-state index < -0.39 is 0 Å². The highest BCUT2D eigenvalue weighted by atomic mass is 16.5. The largest absolute Gasteiger partial charge is 0.384 e. The van der Waals surface area contributed by atoms with Gasteiger partial charge in [-0.15, -0.1) is 0 Å². The van der Waals surface area contributed by atoms with E-state index in [1.807, 2.05) is 0 Å². The maximum absolute atomic E-state index is 5.83. The summed E-state index contributed by atoms with van der Waals surface area (Å²) in [4.78, 5) is 13.6. The molecule has 2 saturated heterocycles. The highest BCUT2D eigenvalue weighted by Gasteiger charge is 2.43. The van der Waals surface area contributed by atoms with Gasteiger partial charge in [-0.3, -0.25) is 4.90 Å². The lowest BCUT2D eigenvalue weighted by Crippen LogP contribution is -2.62. The minimum absolute atomic E-state index is 0.466. The van der Waals surface area contributed by atoms with Crippen molar-refractivity contribution in [2.24, 2.45) is 5.92 Å². The predicted molar refractivity (Wildman–Crippen MR) is 76.5 cm³/mol. The van der Waals surface area contributed by atoms with E-state index in [4.69, 9.17) is 10.5 Å². The number of anilines is 2. The SMILES string of the molecule is Nc1ccnc(N2CCN3[C@@H](COC[C@@H]3C3CC3)C2)n1. The van der Waals surface area contributed by atoms with Gasteiger partial charge in [-0.05, 0) is 24.8 Å². The average Bonchev–Trinajstić information content (AvgIpc) is 3.30. The number of aromatic nitrogens is 2. The molecule has 0 aromatic carbocycles. The van der Waals surface area contributed by atoms with E-state index in [-0.39, 0.29) is 0 Å². The summed E-state index contributed by atoms with van der Waals surface area (Å²) in [5.41, 5.74) is 5.75. The Morgan fingerprint density at radius 3 is 2.95 bits per heavy atom. The molecule has 6 heteroatoms. The van der Waals surface area contributed by atoms with Crippen LogP contribution in [0.2, 0.25) is 0 Å². The monoisotopic (exact) mass is 275 g/mol. The van der Waals surface area contributed by atoms with Gasteiger partial charge in [0.25, 0.3) is 0 Å². The summed E-state index contributed by atoms with van der Waals surface area (Å²) < 4.78 is 5.83. The molecule has 2 N–H and O–H groups in total. The molecule has 20 heavy (non-hydrogen) atoms. The first-order valence-electron chi connectivity index (χ1n) is 7.48. The molecule has 3 aliphatic rings.